The van der Waals surface area contributed by atoms with Crippen LogP contribution in [0.1, 0.15) is 67.4 Å². The van der Waals surface area contributed by atoms with E-state index >= 15 is 0 Å². The maximum Gasteiger partial charge on any atom is 0.323 e. The highest BCUT2D eigenvalue weighted by molar-refractivity contribution is 6.03. The van der Waals surface area contributed by atoms with Gasteiger partial charge in [-0.1, -0.05) is 42.4 Å². The summed E-state index contributed by atoms with van der Waals surface area (Å²) in [4.78, 5) is 31.2. The molecule has 46 heavy (non-hydrogen) atoms. The molecule has 1 aliphatic heterocycles. The second-order valence-electron chi connectivity index (χ2n) is 12.5. The lowest BCUT2D eigenvalue weighted by molar-refractivity contribution is -0.0177. The van der Waals surface area contributed by atoms with Gasteiger partial charge in [-0.3, -0.25) is 9.69 Å². The Morgan fingerprint density at radius 1 is 1.13 bits per heavy atom. The van der Waals surface area contributed by atoms with E-state index in [0.29, 0.717) is 53.8 Å². The number of carbonyl (C=O) groups excluding carboxylic acids is 2. The molecule has 4 rings (SSSR count). The molecule has 1 aromatic heterocycles. The smallest absolute Gasteiger partial charge is 0.323 e. The van der Waals surface area contributed by atoms with Crippen LogP contribution in [0.25, 0.3) is 0 Å². The zero-order chi connectivity index (χ0) is 33.2. The van der Waals surface area contributed by atoms with Crippen molar-refractivity contribution >= 4 is 23.3 Å². The Kier molecular flexibility index (Phi) is 12.6. The van der Waals surface area contributed by atoms with E-state index in [1.807, 2.05) is 32.0 Å². The van der Waals surface area contributed by atoms with Gasteiger partial charge in [0.05, 0.1) is 30.4 Å². The Labute approximate surface area is 272 Å². The summed E-state index contributed by atoms with van der Waals surface area (Å²) in [5.41, 5.74) is 3.00. The number of hydrogen-bond donors (Lipinski definition) is 3. The van der Waals surface area contributed by atoms with Crippen LogP contribution in [-0.2, 0) is 11.3 Å². The normalized spacial score (nSPS) is 20.4. The number of ether oxygens (including phenoxy) is 2. The number of rotatable bonds is 8. The number of nitrogens with zero attached hydrogens (tertiary/aromatic N) is 3. The Hall–Kier alpha value is -3.93. The van der Waals surface area contributed by atoms with Crippen LogP contribution in [0.15, 0.2) is 53.1 Å². The minimum Gasteiger partial charge on any atom is -0.490 e. The highest BCUT2D eigenvalue weighted by Crippen LogP contribution is 2.29. The number of benzene rings is 2. The van der Waals surface area contributed by atoms with Gasteiger partial charge in [0.1, 0.15) is 17.1 Å². The number of aliphatic hydroxyl groups is 1. The molecule has 11 nitrogen and oxygen atoms in total. The van der Waals surface area contributed by atoms with Gasteiger partial charge in [-0.15, -0.1) is 0 Å². The van der Waals surface area contributed by atoms with Crippen molar-refractivity contribution in [3.63, 3.8) is 0 Å². The van der Waals surface area contributed by atoms with E-state index in [4.69, 9.17) is 14.0 Å². The monoisotopic (exact) mass is 635 g/mol. The van der Waals surface area contributed by atoms with Gasteiger partial charge in [0.2, 0.25) is 0 Å². The first-order valence-corrected chi connectivity index (χ1v) is 16.1. The summed E-state index contributed by atoms with van der Waals surface area (Å²) in [6.07, 6.45) is 2.33. The highest BCUT2D eigenvalue weighted by Gasteiger charge is 2.30. The predicted octanol–water partition coefficient (Wildman–Crippen LogP) is 5.86. The second kappa shape index (κ2) is 16.6. The van der Waals surface area contributed by atoms with Crippen molar-refractivity contribution in [3.8, 4) is 5.75 Å². The molecule has 0 fully saturated rings. The minimum absolute atomic E-state index is 0.0375. The number of amides is 3. The number of fused-ring (bicyclic) bond motifs is 1. The number of aryl methyl sites for hydroxylation is 2. The Morgan fingerprint density at radius 3 is 2.59 bits per heavy atom. The number of aromatic nitrogens is 1. The van der Waals surface area contributed by atoms with Crippen molar-refractivity contribution < 1.29 is 28.7 Å². The average molecular weight is 636 g/mol. The fraction of sp³-hybridized carbons (Fsp3) is 0.514. The molecule has 4 atom stereocenters. The summed E-state index contributed by atoms with van der Waals surface area (Å²) in [5, 5.41) is 19.7. The SMILES string of the molecule is Cc1noc(C)c1NC(=O)Nc1ccc2c(c1)C(=O)N([C@H](C)CO)C[C@H](C)[C@H](CN(C)Cc1ccccc1)OCCCC[C@H](C)O2. The van der Waals surface area contributed by atoms with Crippen LogP contribution < -0.4 is 15.4 Å². The summed E-state index contributed by atoms with van der Waals surface area (Å²) in [6, 6.07) is 14.4. The van der Waals surface area contributed by atoms with E-state index in [9.17, 15) is 14.7 Å². The standard InChI is InChI=1S/C35H49N5O6/c1-23-19-40(24(2)22-41)34(42)30-18-29(36-35(43)37-33-26(4)38-46-27(33)5)15-16-31(30)45-25(3)12-10-11-17-44-32(23)21-39(6)20-28-13-8-7-9-14-28/h7-9,13-16,18,23-25,32,41H,10-12,17,19-22H2,1-6H3,(H2,36,37,43)/t23-,24+,25-,32-/m0/s1. The van der Waals surface area contributed by atoms with E-state index in [1.54, 1.807) is 36.9 Å². The van der Waals surface area contributed by atoms with Crippen molar-refractivity contribution in [1.29, 1.82) is 0 Å². The molecule has 2 aromatic carbocycles. The molecule has 1 aliphatic rings. The number of anilines is 2. The first-order valence-electron chi connectivity index (χ1n) is 16.1. The maximum absolute atomic E-state index is 14.3. The lowest BCUT2D eigenvalue weighted by atomic mass is 10.0. The highest BCUT2D eigenvalue weighted by atomic mass is 16.5. The maximum atomic E-state index is 14.3. The number of likely N-dealkylation sites (N-methyl/N-ethyl adjacent to an activating group) is 1. The molecule has 250 valence electrons. The van der Waals surface area contributed by atoms with E-state index in [0.717, 1.165) is 25.8 Å². The summed E-state index contributed by atoms with van der Waals surface area (Å²) >= 11 is 0. The third-order valence-electron chi connectivity index (χ3n) is 8.37. The summed E-state index contributed by atoms with van der Waals surface area (Å²) in [6.45, 7) is 11.6. The van der Waals surface area contributed by atoms with Gasteiger partial charge in [-0.2, -0.15) is 0 Å². The van der Waals surface area contributed by atoms with E-state index in [2.05, 4.69) is 46.8 Å². The topological polar surface area (TPSA) is 129 Å². The quantitative estimate of drug-likeness (QED) is 0.281. The number of carbonyl (C=O) groups is 2. The molecule has 0 saturated carbocycles. The zero-order valence-corrected chi connectivity index (χ0v) is 27.9. The fourth-order valence-electron chi connectivity index (χ4n) is 5.67. The van der Waals surface area contributed by atoms with Crippen LogP contribution in [0.5, 0.6) is 5.75 Å². The lowest BCUT2D eigenvalue weighted by Crippen LogP contribution is -2.47. The second-order valence-corrected chi connectivity index (χ2v) is 12.5. The van der Waals surface area contributed by atoms with Gasteiger partial charge in [-0.25, -0.2) is 4.79 Å². The largest absolute Gasteiger partial charge is 0.490 e. The van der Waals surface area contributed by atoms with Crippen LogP contribution in [0.2, 0.25) is 0 Å². The first kappa shape index (κ1) is 34.9. The number of aliphatic hydroxyl groups excluding tert-OH is 1. The van der Waals surface area contributed by atoms with Gasteiger partial charge >= 0.3 is 6.03 Å². The molecular formula is C35H49N5O6. The zero-order valence-electron chi connectivity index (χ0n) is 27.9. The molecule has 0 radical (unpaired) electrons. The number of nitrogens with one attached hydrogen (secondary N) is 2. The van der Waals surface area contributed by atoms with Crippen LogP contribution in [0.4, 0.5) is 16.2 Å². The molecule has 0 saturated heterocycles. The first-order chi connectivity index (χ1) is 22.0. The summed E-state index contributed by atoms with van der Waals surface area (Å²) in [7, 11) is 2.08. The van der Waals surface area contributed by atoms with Crippen LogP contribution in [-0.4, -0.2) is 83.6 Å². The molecule has 11 heteroatoms. The number of urea groups is 1. The molecular weight excluding hydrogens is 586 g/mol. The van der Waals surface area contributed by atoms with Crippen LogP contribution in [0.3, 0.4) is 0 Å². The van der Waals surface area contributed by atoms with Crippen molar-refractivity contribution in [3.05, 3.63) is 71.1 Å². The third kappa shape index (κ3) is 9.54. The molecule has 0 spiro atoms. The van der Waals surface area contributed by atoms with Crippen LogP contribution >= 0.6 is 0 Å². The summed E-state index contributed by atoms with van der Waals surface area (Å²) < 4.78 is 17.9. The Bertz CT molecular complexity index is 1410. The molecule has 3 N–H and O–H groups in total. The van der Waals surface area contributed by atoms with Gasteiger partial charge in [0, 0.05) is 37.8 Å². The Balaban J connectivity index is 1.60. The third-order valence-corrected chi connectivity index (χ3v) is 8.37. The average Bonchev–Trinajstić information content (AvgIpc) is 3.34. The van der Waals surface area contributed by atoms with Crippen molar-refractivity contribution in [2.24, 2.45) is 5.92 Å². The molecule has 2 heterocycles. The van der Waals surface area contributed by atoms with Gasteiger partial charge in [-0.05, 0) is 77.8 Å². The Morgan fingerprint density at radius 2 is 1.89 bits per heavy atom. The molecule has 0 bridgehead atoms. The van der Waals surface area contributed by atoms with Gasteiger partial charge in [0.25, 0.3) is 5.91 Å². The van der Waals surface area contributed by atoms with Crippen molar-refractivity contribution in [2.45, 2.75) is 78.7 Å². The van der Waals surface area contributed by atoms with E-state index in [1.165, 1.54) is 5.56 Å². The molecule has 3 amide bonds. The van der Waals surface area contributed by atoms with Gasteiger partial charge < -0.3 is 34.6 Å². The van der Waals surface area contributed by atoms with Crippen LogP contribution in [0, 0.1) is 19.8 Å². The van der Waals surface area contributed by atoms with E-state index in [-0.39, 0.29) is 30.6 Å². The van der Waals surface area contributed by atoms with Crippen molar-refractivity contribution in [2.75, 3.05) is 44.0 Å². The molecule has 0 aliphatic carbocycles. The molecule has 3 aromatic rings. The van der Waals surface area contributed by atoms with E-state index < -0.39 is 12.1 Å². The lowest BCUT2D eigenvalue weighted by Gasteiger charge is -2.36. The molecule has 0 unspecified atom stereocenters. The fourth-order valence-corrected chi connectivity index (χ4v) is 5.67. The van der Waals surface area contributed by atoms with Crippen molar-refractivity contribution in [1.82, 2.24) is 15.0 Å². The minimum atomic E-state index is -0.495. The predicted molar refractivity (Wildman–Crippen MR) is 178 cm³/mol. The number of hydrogen-bond acceptors (Lipinski definition) is 8. The van der Waals surface area contributed by atoms with Gasteiger partial charge in [0.15, 0.2) is 5.76 Å². The summed E-state index contributed by atoms with van der Waals surface area (Å²) in [5.74, 6) is 0.596.